The summed E-state index contributed by atoms with van der Waals surface area (Å²) in [4.78, 5) is 10.8. The topological polar surface area (TPSA) is 70.6 Å². The molecule has 0 amide bonds. The van der Waals surface area contributed by atoms with E-state index in [-0.39, 0.29) is 12.0 Å². The van der Waals surface area contributed by atoms with E-state index in [0.29, 0.717) is 26.2 Å². The van der Waals surface area contributed by atoms with Crippen LogP contribution in [-0.2, 0) is 4.79 Å². The first-order valence-electron chi connectivity index (χ1n) is 6.47. The second-order valence-electron chi connectivity index (χ2n) is 5.05. The number of nitrogens with one attached hydrogen (secondary N) is 2. The third kappa shape index (κ3) is 3.94. The fourth-order valence-corrected chi connectivity index (χ4v) is 2.22. The molecule has 19 heavy (non-hydrogen) atoms. The summed E-state index contributed by atoms with van der Waals surface area (Å²) in [6.45, 7) is 4.59. The van der Waals surface area contributed by atoms with Crippen LogP contribution in [0.1, 0.15) is 12.0 Å². The molecule has 0 bridgehead atoms. The molecule has 0 aliphatic carbocycles. The van der Waals surface area contributed by atoms with Gasteiger partial charge in [0.1, 0.15) is 12.4 Å². The van der Waals surface area contributed by atoms with E-state index in [1.54, 1.807) is 0 Å². The van der Waals surface area contributed by atoms with Gasteiger partial charge in [-0.1, -0.05) is 12.1 Å². The Balaban J connectivity index is 1.73. The molecule has 1 aliphatic heterocycles. The molecule has 5 heteroatoms. The number of carboxylic acids is 1. The number of benzene rings is 1. The number of ether oxygens (including phenoxy) is 1. The Bertz CT molecular complexity index is 444. The summed E-state index contributed by atoms with van der Waals surface area (Å²) in [6.07, 6.45) is 0.143. The second-order valence-corrected chi connectivity index (χ2v) is 5.05. The molecular weight excluding hydrogens is 244 g/mol. The minimum absolute atomic E-state index is 0.143. The minimum atomic E-state index is -0.770. The number of hydrogen-bond donors (Lipinski definition) is 3. The van der Waals surface area contributed by atoms with Gasteiger partial charge in [0.25, 0.3) is 0 Å². The van der Waals surface area contributed by atoms with E-state index in [4.69, 9.17) is 9.84 Å². The quantitative estimate of drug-likeness (QED) is 0.635. The lowest BCUT2D eigenvalue weighted by Crippen LogP contribution is -2.68. The third-order valence-electron chi connectivity index (χ3n) is 3.28. The molecule has 1 fully saturated rings. The van der Waals surface area contributed by atoms with Gasteiger partial charge in [-0.15, -0.1) is 0 Å². The van der Waals surface area contributed by atoms with Crippen LogP contribution in [0.3, 0.4) is 0 Å². The lowest BCUT2D eigenvalue weighted by molar-refractivity contribution is -0.139. The van der Waals surface area contributed by atoms with Gasteiger partial charge < -0.3 is 20.5 Å². The van der Waals surface area contributed by atoms with Gasteiger partial charge in [0, 0.05) is 19.6 Å². The highest BCUT2D eigenvalue weighted by molar-refractivity contribution is 5.68. The van der Waals surface area contributed by atoms with Crippen LogP contribution in [0.4, 0.5) is 0 Å². The summed E-state index contributed by atoms with van der Waals surface area (Å²) < 4.78 is 5.63. The lowest BCUT2D eigenvalue weighted by atomic mass is 9.88. The van der Waals surface area contributed by atoms with Crippen molar-refractivity contribution in [2.75, 3.05) is 26.2 Å². The fraction of sp³-hybridized carbons (Fsp3) is 0.500. The van der Waals surface area contributed by atoms with Gasteiger partial charge >= 0.3 is 5.97 Å². The van der Waals surface area contributed by atoms with Gasteiger partial charge in [0.05, 0.1) is 12.0 Å². The largest absolute Gasteiger partial charge is 0.492 e. The maximum absolute atomic E-state index is 10.8. The summed E-state index contributed by atoms with van der Waals surface area (Å²) in [7, 11) is 0. The molecule has 0 radical (unpaired) electrons. The zero-order chi connectivity index (χ0) is 13.7. The minimum Gasteiger partial charge on any atom is -0.492 e. The Morgan fingerprint density at radius 1 is 1.53 bits per heavy atom. The molecule has 3 N–H and O–H groups in total. The van der Waals surface area contributed by atoms with Gasteiger partial charge in [-0.05, 0) is 24.6 Å². The number of aliphatic carboxylic acids is 1. The van der Waals surface area contributed by atoms with Gasteiger partial charge in [0.15, 0.2) is 0 Å². The summed E-state index contributed by atoms with van der Waals surface area (Å²) in [5.74, 6) is 0.0782. The molecule has 2 rings (SSSR count). The highest BCUT2D eigenvalue weighted by atomic mass is 16.5. The molecule has 1 saturated heterocycles. The van der Waals surface area contributed by atoms with E-state index in [0.717, 1.165) is 11.3 Å². The predicted molar refractivity (Wildman–Crippen MR) is 72.5 cm³/mol. The molecule has 1 aromatic carbocycles. The Morgan fingerprint density at radius 2 is 2.32 bits per heavy atom. The lowest BCUT2D eigenvalue weighted by Gasteiger charge is -2.42. The molecule has 5 nitrogen and oxygen atoms in total. The third-order valence-corrected chi connectivity index (χ3v) is 3.28. The first kappa shape index (κ1) is 13.8. The zero-order valence-corrected chi connectivity index (χ0v) is 11.1. The molecular formula is C14H20N2O3. The van der Waals surface area contributed by atoms with Gasteiger partial charge in [-0.3, -0.25) is 4.79 Å². The molecule has 0 atom stereocenters. The normalized spacial score (nSPS) is 16.7. The van der Waals surface area contributed by atoms with Crippen LogP contribution in [0.15, 0.2) is 24.3 Å². The van der Waals surface area contributed by atoms with Crippen LogP contribution in [0.25, 0.3) is 0 Å². The average Bonchev–Trinajstić information content (AvgIpc) is 2.30. The second kappa shape index (κ2) is 6.04. The fourth-order valence-electron chi connectivity index (χ4n) is 2.22. The number of carboxylic acid groups (broad SMARTS) is 1. The smallest absolute Gasteiger partial charge is 0.305 e. The van der Waals surface area contributed by atoms with Crippen LogP contribution in [0.2, 0.25) is 0 Å². The summed E-state index contributed by atoms with van der Waals surface area (Å²) in [6, 6.07) is 7.88. The number of hydrogen-bond acceptors (Lipinski definition) is 4. The molecule has 0 aromatic heterocycles. The monoisotopic (exact) mass is 264 g/mol. The summed E-state index contributed by atoms with van der Waals surface area (Å²) in [5.41, 5.74) is 0.859. The molecule has 1 aromatic rings. The van der Waals surface area contributed by atoms with Gasteiger partial charge in [-0.2, -0.15) is 0 Å². The van der Waals surface area contributed by atoms with E-state index in [9.17, 15) is 4.79 Å². The number of aryl methyl sites for hydroxylation is 1. The standard InChI is InChI=1S/C14H20N2O3/c1-11-3-2-4-12(7-11)19-6-5-16-14(8-13(17)18)9-15-10-14/h2-4,7,15-16H,5-6,8-10H2,1H3,(H,17,18). The van der Waals surface area contributed by atoms with Crippen LogP contribution >= 0.6 is 0 Å². The van der Waals surface area contributed by atoms with Crippen LogP contribution in [0, 0.1) is 6.92 Å². The van der Waals surface area contributed by atoms with Crippen molar-refractivity contribution in [3.05, 3.63) is 29.8 Å². The van der Waals surface area contributed by atoms with Crippen molar-refractivity contribution in [3.8, 4) is 5.75 Å². The molecule has 1 heterocycles. The van der Waals surface area contributed by atoms with Gasteiger partial charge in [0.2, 0.25) is 0 Å². The van der Waals surface area contributed by atoms with E-state index in [1.165, 1.54) is 0 Å². The van der Waals surface area contributed by atoms with Crippen molar-refractivity contribution in [1.82, 2.24) is 10.6 Å². The van der Waals surface area contributed by atoms with Crippen molar-refractivity contribution in [3.63, 3.8) is 0 Å². The maximum atomic E-state index is 10.8. The average molecular weight is 264 g/mol. The molecule has 104 valence electrons. The Kier molecular flexibility index (Phi) is 4.39. The SMILES string of the molecule is Cc1cccc(OCCNC2(CC(=O)O)CNC2)c1. The van der Waals surface area contributed by atoms with Gasteiger partial charge in [-0.25, -0.2) is 0 Å². The van der Waals surface area contributed by atoms with Crippen molar-refractivity contribution >= 4 is 5.97 Å². The number of rotatable bonds is 7. The van der Waals surface area contributed by atoms with E-state index in [1.807, 2.05) is 31.2 Å². The van der Waals surface area contributed by atoms with E-state index < -0.39 is 5.97 Å². The van der Waals surface area contributed by atoms with Crippen LogP contribution in [-0.4, -0.2) is 42.9 Å². The molecule has 0 spiro atoms. The van der Waals surface area contributed by atoms with Crippen LogP contribution < -0.4 is 15.4 Å². The maximum Gasteiger partial charge on any atom is 0.305 e. The summed E-state index contributed by atoms with van der Waals surface area (Å²) >= 11 is 0. The van der Waals surface area contributed by atoms with Crippen molar-refractivity contribution < 1.29 is 14.6 Å². The van der Waals surface area contributed by atoms with Crippen molar-refractivity contribution in [1.29, 1.82) is 0 Å². The highest BCUT2D eigenvalue weighted by Crippen LogP contribution is 2.16. The first-order valence-corrected chi connectivity index (χ1v) is 6.47. The van der Waals surface area contributed by atoms with Crippen molar-refractivity contribution in [2.45, 2.75) is 18.9 Å². The first-order chi connectivity index (χ1) is 9.10. The Hall–Kier alpha value is -1.59. The highest BCUT2D eigenvalue weighted by Gasteiger charge is 2.38. The van der Waals surface area contributed by atoms with Crippen molar-refractivity contribution in [2.24, 2.45) is 0 Å². The summed E-state index contributed by atoms with van der Waals surface area (Å²) in [5, 5.41) is 15.3. The number of carbonyl (C=O) groups is 1. The molecule has 1 aliphatic rings. The van der Waals surface area contributed by atoms with Crippen LogP contribution in [0.5, 0.6) is 5.75 Å². The predicted octanol–water partition coefficient (Wildman–Crippen LogP) is 0.780. The zero-order valence-electron chi connectivity index (χ0n) is 11.1. The Labute approximate surface area is 113 Å². The Morgan fingerprint density at radius 3 is 2.89 bits per heavy atom. The molecule has 0 saturated carbocycles. The van der Waals surface area contributed by atoms with E-state index >= 15 is 0 Å². The van der Waals surface area contributed by atoms with E-state index in [2.05, 4.69) is 10.6 Å². The molecule has 0 unspecified atom stereocenters.